The molecule has 1 aromatic carbocycles. The summed E-state index contributed by atoms with van der Waals surface area (Å²) in [5, 5.41) is 3.00. The number of hydrogen-bond acceptors (Lipinski definition) is 3. The molecule has 1 amide bonds. The number of carbonyl (C=O) groups is 1. The minimum Gasteiger partial charge on any atom is -0.491 e. The second-order valence-electron chi connectivity index (χ2n) is 5.94. The molecule has 1 saturated heterocycles. The van der Waals surface area contributed by atoms with Crippen molar-refractivity contribution in [1.82, 2.24) is 0 Å². The van der Waals surface area contributed by atoms with E-state index in [1.807, 2.05) is 24.3 Å². The van der Waals surface area contributed by atoms with E-state index in [0.29, 0.717) is 6.61 Å². The molecular weight excluding hydrogens is 278 g/mol. The lowest BCUT2D eigenvalue weighted by atomic mass is 9.93. The second kappa shape index (κ2) is 7.45. The summed E-state index contributed by atoms with van der Waals surface area (Å²) in [7, 11) is 0. The highest BCUT2D eigenvalue weighted by Crippen LogP contribution is 2.23. The molecule has 2 atom stereocenters. The van der Waals surface area contributed by atoms with Gasteiger partial charge in [-0.15, -0.1) is 0 Å². The monoisotopic (exact) mass is 301 g/mol. The molecule has 22 heavy (non-hydrogen) atoms. The van der Waals surface area contributed by atoms with Crippen LogP contribution in [-0.4, -0.2) is 25.2 Å². The number of amides is 1. The third-order valence-corrected chi connectivity index (χ3v) is 4.20. The topological polar surface area (TPSA) is 47.6 Å². The SMILES string of the molecule is O=C(Nc1cccc(OC[C@@H]2CCCO2)c1)[C@H]1CC=CCC1. The standard InChI is InChI=1S/C18H23NO3/c20-18(14-6-2-1-3-7-14)19-15-8-4-9-16(12-15)22-13-17-10-5-11-21-17/h1-2,4,8-9,12,14,17H,3,5-7,10-11,13H2,(H,19,20)/t14-,17-/m0/s1. The number of benzene rings is 1. The lowest BCUT2D eigenvalue weighted by molar-refractivity contribution is -0.120. The molecule has 0 aromatic heterocycles. The molecule has 0 saturated carbocycles. The molecule has 0 spiro atoms. The maximum Gasteiger partial charge on any atom is 0.227 e. The van der Waals surface area contributed by atoms with Crippen LogP contribution in [0.1, 0.15) is 32.1 Å². The van der Waals surface area contributed by atoms with Gasteiger partial charge in [-0.2, -0.15) is 0 Å². The van der Waals surface area contributed by atoms with E-state index in [2.05, 4.69) is 17.5 Å². The molecule has 4 heteroatoms. The van der Waals surface area contributed by atoms with Crippen molar-refractivity contribution in [2.24, 2.45) is 5.92 Å². The summed E-state index contributed by atoms with van der Waals surface area (Å²) in [5.41, 5.74) is 0.796. The van der Waals surface area contributed by atoms with Gasteiger partial charge < -0.3 is 14.8 Å². The Bertz CT molecular complexity index is 535. The lowest BCUT2D eigenvalue weighted by Crippen LogP contribution is -2.23. The summed E-state index contributed by atoms with van der Waals surface area (Å²) in [6.45, 7) is 1.41. The molecule has 2 aliphatic rings. The molecule has 118 valence electrons. The van der Waals surface area contributed by atoms with Gasteiger partial charge in [0.25, 0.3) is 0 Å². The number of allylic oxidation sites excluding steroid dienone is 2. The number of ether oxygens (including phenoxy) is 2. The molecular formula is C18H23NO3. The predicted molar refractivity (Wildman–Crippen MR) is 86.0 cm³/mol. The van der Waals surface area contributed by atoms with Gasteiger partial charge in [0.05, 0.1) is 6.10 Å². The van der Waals surface area contributed by atoms with Crippen LogP contribution in [0.5, 0.6) is 5.75 Å². The van der Waals surface area contributed by atoms with E-state index in [4.69, 9.17) is 9.47 Å². The van der Waals surface area contributed by atoms with Gasteiger partial charge in [-0.05, 0) is 44.2 Å². The first kappa shape index (κ1) is 15.1. The first-order valence-corrected chi connectivity index (χ1v) is 8.11. The van der Waals surface area contributed by atoms with Gasteiger partial charge in [0.15, 0.2) is 0 Å². The van der Waals surface area contributed by atoms with Crippen LogP contribution >= 0.6 is 0 Å². The van der Waals surface area contributed by atoms with Crippen LogP contribution in [0.3, 0.4) is 0 Å². The smallest absolute Gasteiger partial charge is 0.227 e. The van der Waals surface area contributed by atoms with Crippen LogP contribution in [0.4, 0.5) is 5.69 Å². The van der Waals surface area contributed by atoms with Gasteiger partial charge >= 0.3 is 0 Å². The summed E-state index contributed by atoms with van der Waals surface area (Å²) in [6, 6.07) is 7.59. The van der Waals surface area contributed by atoms with Crippen molar-refractivity contribution < 1.29 is 14.3 Å². The molecule has 3 rings (SSSR count). The largest absolute Gasteiger partial charge is 0.491 e. The van der Waals surface area contributed by atoms with Crippen molar-refractivity contribution in [3.05, 3.63) is 36.4 Å². The Kier molecular flexibility index (Phi) is 5.11. The minimum absolute atomic E-state index is 0.0847. The fourth-order valence-electron chi connectivity index (χ4n) is 2.90. The summed E-state index contributed by atoms with van der Waals surface area (Å²) < 4.78 is 11.3. The zero-order valence-corrected chi connectivity index (χ0v) is 12.8. The van der Waals surface area contributed by atoms with E-state index in [1.54, 1.807) is 0 Å². The van der Waals surface area contributed by atoms with E-state index < -0.39 is 0 Å². The van der Waals surface area contributed by atoms with Crippen LogP contribution in [0.25, 0.3) is 0 Å². The zero-order chi connectivity index (χ0) is 15.2. The van der Waals surface area contributed by atoms with Crippen LogP contribution in [0.15, 0.2) is 36.4 Å². The number of rotatable bonds is 5. The first-order valence-electron chi connectivity index (χ1n) is 8.11. The first-order chi connectivity index (χ1) is 10.8. The number of carbonyl (C=O) groups excluding carboxylic acids is 1. The molecule has 1 aliphatic heterocycles. The predicted octanol–water partition coefficient (Wildman–Crippen LogP) is 3.54. The Balaban J connectivity index is 1.53. The maximum atomic E-state index is 12.2. The summed E-state index contributed by atoms with van der Waals surface area (Å²) in [6.07, 6.45) is 9.36. The third-order valence-electron chi connectivity index (χ3n) is 4.20. The van der Waals surface area contributed by atoms with Crippen molar-refractivity contribution in [2.45, 2.75) is 38.2 Å². The number of hydrogen-bond donors (Lipinski definition) is 1. The molecule has 0 bridgehead atoms. The molecule has 1 N–H and O–H groups in total. The van der Waals surface area contributed by atoms with E-state index >= 15 is 0 Å². The van der Waals surface area contributed by atoms with Gasteiger partial charge in [-0.25, -0.2) is 0 Å². The van der Waals surface area contributed by atoms with Crippen LogP contribution in [0.2, 0.25) is 0 Å². The fourth-order valence-corrected chi connectivity index (χ4v) is 2.90. The normalized spacial score (nSPS) is 24.2. The minimum atomic E-state index is 0.0847. The lowest BCUT2D eigenvalue weighted by Gasteiger charge is -2.17. The van der Waals surface area contributed by atoms with E-state index in [1.165, 1.54) is 0 Å². The molecule has 1 aromatic rings. The van der Waals surface area contributed by atoms with Crippen LogP contribution in [0, 0.1) is 5.92 Å². The van der Waals surface area contributed by atoms with Crippen molar-refractivity contribution in [3.8, 4) is 5.75 Å². The Morgan fingerprint density at radius 2 is 2.27 bits per heavy atom. The van der Waals surface area contributed by atoms with E-state index in [0.717, 1.165) is 50.1 Å². The van der Waals surface area contributed by atoms with Gasteiger partial charge in [0, 0.05) is 24.3 Å². The Labute approximate surface area is 131 Å². The molecule has 4 nitrogen and oxygen atoms in total. The fraction of sp³-hybridized carbons (Fsp3) is 0.500. The zero-order valence-electron chi connectivity index (χ0n) is 12.8. The summed E-state index contributed by atoms with van der Waals surface area (Å²) in [4.78, 5) is 12.2. The average Bonchev–Trinajstić information content (AvgIpc) is 3.08. The summed E-state index contributed by atoms with van der Waals surface area (Å²) in [5.74, 6) is 0.957. The van der Waals surface area contributed by atoms with Gasteiger partial charge in [0.1, 0.15) is 12.4 Å². The molecule has 0 unspecified atom stereocenters. The maximum absolute atomic E-state index is 12.2. The van der Waals surface area contributed by atoms with Crippen molar-refractivity contribution in [1.29, 1.82) is 0 Å². The molecule has 1 heterocycles. The van der Waals surface area contributed by atoms with E-state index in [9.17, 15) is 4.79 Å². The average molecular weight is 301 g/mol. The Hall–Kier alpha value is -1.81. The van der Waals surface area contributed by atoms with Crippen LogP contribution in [-0.2, 0) is 9.53 Å². The van der Waals surface area contributed by atoms with Crippen molar-refractivity contribution >= 4 is 11.6 Å². The second-order valence-corrected chi connectivity index (χ2v) is 5.94. The quantitative estimate of drug-likeness (QED) is 0.846. The van der Waals surface area contributed by atoms with Gasteiger partial charge in [-0.3, -0.25) is 4.79 Å². The van der Waals surface area contributed by atoms with Gasteiger partial charge in [-0.1, -0.05) is 18.2 Å². The number of anilines is 1. The molecule has 1 fully saturated rings. The highest BCUT2D eigenvalue weighted by atomic mass is 16.5. The van der Waals surface area contributed by atoms with Crippen molar-refractivity contribution in [3.63, 3.8) is 0 Å². The third kappa shape index (κ3) is 4.10. The summed E-state index contributed by atoms with van der Waals surface area (Å²) >= 11 is 0. The van der Waals surface area contributed by atoms with E-state index in [-0.39, 0.29) is 17.9 Å². The van der Waals surface area contributed by atoms with Crippen LogP contribution < -0.4 is 10.1 Å². The van der Waals surface area contributed by atoms with Crippen molar-refractivity contribution in [2.75, 3.05) is 18.5 Å². The highest BCUT2D eigenvalue weighted by Gasteiger charge is 2.19. The Morgan fingerprint density at radius 3 is 3.05 bits per heavy atom. The van der Waals surface area contributed by atoms with Gasteiger partial charge in [0.2, 0.25) is 5.91 Å². The number of nitrogens with one attached hydrogen (secondary N) is 1. The Morgan fingerprint density at radius 1 is 1.32 bits per heavy atom. The highest BCUT2D eigenvalue weighted by molar-refractivity contribution is 5.92. The molecule has 1 aliphatic carbocycles. The molecule has 0 radical (unpaired) electrons.